The average molecular weight is 327 g/mol. The van der Waals surface area contributed by atoms with Crippen molar-refractivity contribution in [3.05, 3.63) is 6.42 Å². The van der Waals surface area contributed by atoms with Crippen molar-refractivity contribution < 1.29 is 37.6 Å². The fraction of sp³-hybridized carbons (Fsp3) is 0.800. The zero-order valence-electron chi connectivity index (χ0n) is 5.52. The molecule has 7 heavy (non-hydrogen) atoms. The SMILES string of the molecule is [3H]C(O)C[CH-]CC.[U]. The van der Waals surface area contributed by atoms with Crippen LogP contribution in [0.25, 0.3) is 0 Å². The number of aliphatic hydroxyl groups is 1. The molecule has 0 fully saturated rings. The Balaban J connectivity index is 0. The number of hydrogen-bond acceptors (Lipinski definition) is 1. The van der Waals surface area contributed by atoms with Gasteiger partial charge >= 0.3 is 0 Å². The van der Waals surface area contributed by atoms with E-state index in [1.807, 2.05) is 13.3 Å². The molecule has 0 spiro atoms. The summed E-state index contributed by atoms with van der Waals surface area (Å²) in [6, 6.07) is 0. The summed E-state index contributed by atoms with van der Waals surface area (Å²) in [5.74, 6) is 0. The van der Waals surface area contributed by atoms with E-state index in [0.29, 0.717) is 6.42 Å². The molecule has 42 valence electrons. The van der Waals surface area contributed by atoms with Gasteiger partial charge in [0.1, 0.15) is 0 Å². The van der Waals surface area contributed by atoms with Crippen LogP contribution in [0.4, 0.5) is 0 Å². The first-order chi connectivity index (χ1) is 3.27. The van der Waals surface area contributed by atoms with E-state index in [4.69, 9.17) is 6.48 Å². The second-order valence-corrected chi connectivity index (χ2v) is 1.12. The summed E-state index contributed by atoms with van der Waals surface area (Å²) in [5, 5.41) is 8.32. The molecule has 0 saturated heterocycles. The molecule has 0 aromatic carbocycles. The van der Waals surface area contributed by atoms with Gasteiger partial charge in [0.05, 0.1) is 1.37 Å². The molecule has 1 atom stereocenters. The quantitative estimate of drug-likeness (QED) is 0.767. The van der Waals surface area contributed by atoms with E-state index in [9.17, 15) is 0 Å². The Hall–Kier alpha value is 1.01. The summed E-state index contributed by atoms with van der Waals surface area (Å²) < 4.78 is 6.61. The Labute approximate surface area is 70.3 Å². The molecule has 0 aliphatic heterocycles. The Morgan fingerprint density at radius 3 is 2.57 bits per heavy atom. The molecular weight excluding hydrogens is 314 g/mol. The summed E-state index contributed by atoms with van der Waals surface area (Å²) in [6.45, 7) is 1.09. The largest absolute Gasteiger partial charge is 0.399 e. The molecule has 1 unspecified atom stereocenters. The first-order valence-electron chi connectivity index (χ1n) is 2.77. The van der Waals surface area contributed by atoms with E-state index in [1.165, 1.54) is 0 Å². The monoisotopic (exact) mass is 327 g/mol. The van der Waals surface area contributed by atoms with Crippen LogP contribution in [0.2, 0.25) is 0 Å². The molecule has 0 aliphatic rings. The smallest absolute Gasteiger partial charge is 0.0537 e. The van der Waals surface area contributed by atoms with E-state index in [2.05, 4.69) is 0 Å². The second kappa shape index (κ2) is 10.1. The molecule has 0 radical (unpaired) electrons. The molecule has 0 aromatic rings. The van der Waals surface area contributed by atoms with Gasteiger partial charge in [-0.05, 0) is 0 Å². The molecule has 1 N–H and O–H groups in total. The van der Waals surface area contributed by atoms with Crippen LogP contribution in [-0.2, 0) is 0 Å². The van der Waals surface area contributed by atoms with Gasteiger partial charge in [0, 0.05) is 37.7 Å². The normalized spacial score (nSPS) is 14.3. The van der Waals surface area contributed by atoms with Crippen molar-refractivity contribution >= 4 is 0 Å². The maximum Gasteiger partial charge on any atom is 0.0537 e. The van der Waals surface area contributed by atoms with E-state index in [1.54, 1.807) is 0 Å². The van der Waals surface area contributed by atoms with Gasteiger partial charge in [0.25, 0.3) is 0 Å². The maximum atomic E-state index is 8.32. The van der Waals surface area contributed by atoms with Crippen LogP contribution in [-0.4, -0.2) is 11.7 Å². The molecule has 0 bridgehead atoms. The van der Waals surface area contributed by atoms with Gasteiger partial charge in [-0.15, -0.1) is 0 Å². The third-order valence-electron chi connectivity index (χ3n) is 0.561. The topological polar surface area (TPSA) is 20.2 Å². The van der Waals surface area contributed by atoms with E-state index in [-0.39, 0.29) is 31.1 Å². The Morgan fingerprint density at radius 1 is 1.86 bits per heavy atom. The maximum absolute atomic E-state index is 8.32. The van der Waals surface area contributed by atoms with Gasteiger partial charge < -0.3 is 11.5 Å². The van der Waals surface area contributed by atoms with E-state index < -0.39 is 6.58 Å². The van der Waals surface area contributed by atoms with Gasteiger partial charge in [-0.1, -0.05) is 6.92 Å². The summed E-state index contributed by atoms with van der Waals surface area (Å²) in [4.78, 5) is 0. The zero-order valence-corrected chi connectivity index (χ0v) is 8.68. The van der Waals surface area contributed by atoms with Crippen LogP contribution in [0, 0.1) is 37.5 Å². The fourth-order valence-electron chi connectivity index (χ4n) is 0.241. The Morgan fingerprint density at radius 2 is 2.43 bits per heavy atom. The second-order valence-electron chi connectivity index (χ2n) is 1.12. The Bertz CT molecular complexity index is 41.4. The van der Waals surface area contributed by atoms with Crippen molar-refractivity contribution in [2.24, 2.45) is 0 Å². The van der Waals surface area contributed by atoms with Crippen molar-refractivity contribution in [1.29, 1.82) is 0 Å². The molecule has 0 aliphatic carbocycles. The molecule has 0 amide bonds. The molecule has 0 saturated carbocycles. The first kappa shape index (κ1) is 8.01. The number of unbranched alkanes of at least 4 members (excludes halogenated alkanes) is 1. The molecule has 0 rings (SSSR count). The zero-order chi connectivity index (χ0) is 5.70. The van der Waals surface area contributed by atoms with Crippen LogP contribution in [0.5, 0.6) is 0 Å². The number of aliphatic hydroxyl groups excluding tert-OH is 1. The summed E-state index contributed by atoms with van der Waals surface area (Å²) in [7, 11) is 0. The van der Waals surface area contributed by atoms with Crippen molar-refractivity contribution in [2.75, 3.05) is 6.58 Å². The van der Waals surface area contributed by atoms with Crippen molar-refractivity contribution in [3.8, 4) is 0 Å². The standard InChI is InChI=1S/C5H11O.U/c1-2-3-4-5-6;/h3,6H,2,4-5H2,1H3;/q-1;/i5T;. The van der Waals surface area contributed by atoms with Crippen LogP contribution in [0.3, 0.4) is 0 Å². The number of rotatable bonds is 3. The summed E-state index contributed by atoms with van der Waals surface area (Å²) >= 11 is 0. The molecule has 2 heteroatoms. The minimum atomic E-state index is -0.903. The van der Waals surface area contributed by atoms with Crippen molar-refractivity contribution in [2.45, 2.75) is 19.8 Å². The van der Waals surface area contributed by atoms with Crippen LogP contribution in [0.15, 0.2) is 0 Å². The minimum Gasteiger partial charge on any atom is -0.399 e. The molecule has 0 heterocycles. The summed E-state index contributed by atoms with van der Waals surface area (Å²) in [5.41, 5.74) is 0. The Kier molecular flexibility index (Phi) is 11.5. The van der Waals surface area contributed by atoms with Gasteiger partial charge in [-0.25, -0.2) is 0 Å². The van der Waals surface area contributed by atoms with Crippen molar-refractivity contribution in [3.63, 3.8) is 0 Å². The van der Waals surface area contributed by atoms with Crippen molar-refractivity contribution in [1.82, 2.24) is 0 Å². The first-order valence-corrected chi connectivity index (χ1v) is 2.19. The van der Waals surface area contributed by atoms with Gasteiger partial charge in [0.15, 0.2) is 0 Å². The van der Waals surface area contributed by atoms with Gasteiger partial charge in [-0.2, -0.15) is 12.8 Å². The predicted octanol–water partition coefficient (Wildman–Crippen LogP) is 0.983. The summed E-state index contributed by atoms with van der Waals surface area (Å²) in [6.07, 6.45) is 3.32. The van der Waals surface area contributed by atoms with E-state index in [0.717, 1.165) is 6.42 Å². The number of hydrogen-bond donors (Lipinski definition) is 1. The molecule has 1 nitrogen and oxygen atoms in total. The predicted molar refractivity (Wildman–Crippen MR) is 26.3 cm³/mol. The van der Waals surface area contributed by atoms with Crippen LogP contribution in [0.1, 0.15) is 21.1 Å². The van der Waals surface area contributed by atoms with Gasteiger partial charge in [-0.3, -0.25) is 0 Å². The van der Waals surface area contributed by atoms with Crippen LogP contribution < -0.4 is 0 Å². The van der Waals surface area contributed by atoms with E-state index >= 15 is 0 Å². The van der Waals surface area contributed by atoms with Gasteiger partial charge in [0.2, 0.25) is 0 Å². The third-order valence-corrected chi connectivity index (χ3v) is 0.561. The molecular formula is C5H11OU-. The average Bonchev–Trinajstić information content (AvgIpc) is 1.61. The van der Waals surface area contributed by atoms with Crippen LogP contribution >= 0.6 is 0 Å². The minimum absolute atomic E-state index is 0. The third kappa shape index (κ3) is 10.9. The fourth-order valence-corrected chi connectivity index (χ4v) is 0.241. The molecule has 0 aromatic heterocycles.